The topological polar surface area (TPSA) is 110 Å². The molecule has 24 heavy (non-hydrogen) atoms. The molecule has 1 fully saturated rings. The molecule has 0 amide bonds. The Kier molecular flexibility index (Phi) is 6.08. The number of nitrogens with zero attached hydrogens (tertiary/aromatic N) is 2. The number of carboxylic acid groups (broad SMARTS) is 2. The molecule has 0 saturated heterocycles. The molecule has 2 heterocycles. The number of aromatic carboxylic acids is 2. The number of pyridine rings is 2. The Morgan fingerprint density at radius 3 is 2.04 bits per heavy atom. The molecule has 0 atom stereocenters. The molecule has 0 aromatic carbocycles. The fraction of sp³-hybridized carbons (Fsp3) is 0.250. The summed E-state index contributed by atoms with van der Waals surface area (Å²) >= 11 is 5.41. The van der Waals surface area contributed by atoms with Crippen molar-refractivity contribution in [1.29, 1.82) is 0 Å². The van der Waals surface area contributed by atoms with Crippen LogP contribution in [0.4, 0.5) is 0 Å². The molecule has 8 heteroatoms. The molecular formula is C16H15ClN2O5. The Morgan fingerprint density at radius 2 is 1.62 bits per heavy atom. The summed E-state index contributed by atoms with van der Waals surface area (Å²) in [6, 6.07) is 5.92. The van der Waals surface area contributed by atoms with Gasteiger partial charge in [0.1, 0.15) is 5.15 Å². The second-order valence-corrected chi connectivity index (χ2v) is 5.51. The maximum atomic E-state index is 10.5. The van der Waals surface area contributed by atoms with Gasteiger partial charge in [0, 0.05) is 18.5 Å². The Labute approximate surface area is 142 Å². The number of carbonyl (C=O) groups is 2. The molecule has 2 aromatic rings. The fourth-order valence-corrected chi connectivity index (χ4v) is 1.69. The Balaban J connectivity index is 0.000000185. The van der Waals surface area contributed by atoms with Crippen molar-refractivity contribution in [3.63, 3.8) is 0 Å². The van der Waals surface area contributed by atoms with Crippen molar-refractivity contribution in [2.45, 2.75) is 12.8 Å². The number of aromatic nitrogens is 2. The van der Waals surface area contributed by atoms with Crippen molar-refractivity contribution in [2.24, 2.45) is 5.92 Å². The van der Waals surface area contributed by atoms with Crippen LogP contribution in [0.25, 0.3) is 0 Å². The lowest BCUT2D eigenvalue weighted by Crippen LogP contribution is -2.02. The highest BCUT2D eigenvalue weighted by Gasteiger charge is 2.22. The maximum absolute atomic E-state index is 10.5. The average molecular weight is 351 g/mol. The number of rotatable bonds is 5. The first-order valence-electron chi connectivity index (χ1n) is 7.12. The summed E-state index contributed by atoms with van der Waals surface area (Å²) in [7, 11) is 0. The minimum Gasteiger partial charge on any atom is -0.478 e. The van der Waals surface area contributed by atoms with Crippen LogP contribution in [0, 0.1) is 5.92 Å². The summed E-state index contributed by atoms with van der Waals surface area (Å²) in [6.45, 7) is 0.694. The molecule has 0 aliphatic heterocycles. The highest BCUT2D eigenvalue weighted by Crippen LogP contribution is 2.29. The van der Waals surface area contributed by atoms with Crippen molar-refractivity contribution in [2.75, 3.05) is 6.61 Å². The van der Waals surface area contributed by atoms with Gasteiger partial charge in [0.2, 0.25) is 5.88 Å². The predicted molar refractivity (Wildman–Crippen MR) is 85.6 cm³/mol. The lowest BCUT2D eigenvalue weighted by atomic mass is 10.3. The van der Waals surface area contributed by atoms with Crippen LogP contribution in [0.15, 0.2) is 36.7 Å². The first-order valence-corrected chi connectivity index (χ1v) is 7.50. The van der Waals surface area contributed by atoms with Crippen LogP contribution < -0.4 is 4.74 Å². The molecule has 1 aliphatic carbocycles. The molecule has 2 aromatic heterocycles. The summed E-state index contributed by atoms with van der Waals surface area (Å²) < 4.78 is 5.36. The van der Waals surface area contributed by atoms with Gasteiger partial charge in [-0.15, -0.1) is 0 Å². The van der Waals surface area contributed by atoms with E-state index >= 15 is 0 Å². The lowest BCUT2D eigenvalue weighted by Gasteiger charge is -2.03. The molecule has 0 unspecified atom stereocenters. The highest BCUT2D eigenvalue weighted by molar-refractivity contribution is 6.29. The summed E-state index contributed by atoms with van der Waals surface area (Å²) in [4.78, 5) is 28.2. The van der Waals surface area contributed by atoms with Crippen LogP contribution in [-0.2, 0) is 0 Å². The van der Waals surface area contributed by atoms with Gasteiger partial charge in [-0.2, -0.15) is 0 Å². The average Bonchev–Trinajstić information content (AvgIpc) is 3.39. The lowest BCUT2D eigenvalue weighted by molar-refractivity contribution is 0.0685. The Bertz CT molecular complexity index is 699. The number of ether oxygens (including phenoxy) is 1. The second-order valence-electron chi connectivity index (χ2n) is 5.12. The largest absolute Gasteiger partial charge is 0.478 e. The maximum Gasteiger partial charge on any atom is 0.337 e. The molecule has 2 N–H and O–H groups in total. The van der Waals surface area contributed by atoms with Gasteiger partial charge >= 0.3 is 11.9 Å². The quantitative estimate of drug-likeness (QED) is 0.797. The molecule has 0 bridgehead atoms. The third-order valence-corrected chi connectivity index (χ3v) is 3.35. The van der Waals surface area contributed by atoms with Crippen LogP contribution in [-0.4, -0.2) is 38.7 Å². The van der Waals surface area contributed by atoms with Crippen molar-refractivity contribution in [3.05, 3.63) is 52.9 Å². The molecule has 7 nitrogen and oxygen atoms in total. The number of halogens is 1. The molecule has 1 aliphatic rings. The first kappa shape index (κ1) is 17.7. The van der Waals surface area contributed by atoms with Gasteiger partial charge in [-0.25, -0.2) is 19.6 Å². The van der Waals surface area contributed by atoms with Gasteiger partial charge in [-0.05, 0) is 37.0 Å². The first-order chi connectivity index (χ1) is 11.5. The van der Waals surface area contributed by atoms with E-state index in [1.807, 2.05) is 0 Å². The Morgan fingerprint density at radius 1 is 1.04 bits per heavy atom. The summed E-state index contributed by atoms with van der Waals surface area (Å²) in [5, 5.41) is 17.3. The normalized spacial score (nSPS) is 12.7. The monoisotopic (exact) mass is 350 g/mol. The van der Waals surface area contributed by atoms with Gasteiger partial charge in [0.05, 0.1) is 17.7 Å². The summed E-state index contributed by atoms with van der Waals surface area (Å²) in [6.07, 6.45) is 4.98. The minimum absolute atomic E-state index is 0.143. The van der Waals surface area contributed by atoms with E-state index in [1.54, 1.807) is 6.07 Å². The van der Waals surface area contributed by atoms with Crippen LogP contribution in [0.5, 0.6) is 5.88 Å². The third-order valence-electron chi connectivity index (χ3n) is 3.12. The Hall–Kier alpha value is -2.67. The fourth-order valence-electron chi connectivity index (χ4n) is 1.58. The van der Waals surface area contributed by atoms with Crippen LogP contribution in [0.2, 0.25) is 5.15 Å². The zero-order valence-corrected chi connectivity index (χ0v) is 13.3. The van der Waals surface area contributed by atoms with Crippen molar-refractivity contribution < 1.29 is 24.5 Å². The molecule has 1 saturated carbocycles. The van der Waals surface area contributed by atoms with Gasteiger partial charge in [-0.1, -0.05) is 11.6 Å². The molecule has 0 spiro atoms. The van der Waals surface area contributed by atoms with Crippen molar-refractivity contribution in [3.8, 4) is 5.88 Å². The van der Waals surface area contributed by atoms with Crippen LogP contribution in [0.1, 0.15) is 33.6 Å². The molecular weight excluding hydrogens is 336 g/mol. The van der Waals surface area contributed by atoms with E-state index < -0.39 is 11.9 Å². The van der Waals surface area contributed by atoms with E-state index in [2.05, 4.69) is 9.97 Å². The standard InChI is InChI=1S/C10H11NO3.C6H4ClNO2/c12-10(13)8-3-4-9(11-5-8)14-6-7-1-2-7;7-5-2-1-4(3-8-5)6(9)10/h3-5,7H,1-2,6H2,(H,12,13);1-3H,(H,9,10). The van der Waals surface area contributed by atoms with E-state index in [0.717, 1.165) is 0 Å². The molecule has 126 valence electrons. The van der Waals surface area contributed by atoms with Gasteiger partial charge in [0.25, 0.3) is 0 Å². The smallest absolute Gasteiger partial charge is 0.337 e. The zero-order chi connectivity index (χ0) is 17.5. The van der Waals surface area contributed by atoms with E-state index in [0.29, 0.717) is 23.6 Å². The van der Waals surface area contributed by atoms with E-state index in [1.165, 1.54) is 43.4 Å². The number of carboxylic acids is 2. The van der Waals surface area contributed by atoms with Gasteiger partial charge in [0.15, 0.2) is 0 Å². The van der Waals surface area contributed by atoms with Crippen LogP contribution in [0.3, 0.4) is 0 Å². The molecule has 0 radical (unpaired) electrons. The zero-order valence-electron chi connectivity index (χ0n) is 12.6. The SMILES string of the molecule is O=C(O)c1ccc(Cl)nc1.O=C(O)c1ccc(OCC2CC2)nc1. The number of hydrogen-bond acceptors (Lipinski definition) is 5. The van der Waals surface area contributed by atoms with E-state index in [4.69, 9.17) is 26.6 Å². The number of hydrogen-bond donors (Lipinski definition) is 2. The third kappa shape index (κ3) is 5.85. The van der Waals surface area contributed by atoms with Crippen molar-refractivity contribution >= 4 is 23.5 Å². The minimum atomic E-state index is -0.996. The van der Waals surface area contributed by atoms with E-state index in [9.17, 15) is 9.59 Å². The summed E-state index contributed by atoms with van der Waals surface area (Å²) in [5.74, 6) is -0.784. The molecule has 3 rings (SSSR count). The highest BCUT2D eigenvalue weighted by atomic mass is 35.5. The van der Waals surface area contributed by atoms with Crippen molar-refractivity contribution in [1.82, 2.24) is 9.97 Å². The van der Waals surface area contributed by atoms with Crippen LogP contribution >= 0.6 is 11.6 Å². The van der Waals surface area contributed by atoms with Gasteiger partial charge in [-0.3, -0.25) is 0 Å². The van der Waals surface area contributed by atoms with Gasteiger partial charge < -0.3 is 14.9 Å². The predicted octanol–water partition coefficient (Wildman–Crippen LogP) is 3.00. The summed E-state index contributed by atoms with van der Waals surface area (Å²) in [5.41, 5.74) is 0.327. The van der Waals surface area contributed by atoms with E-state index in [-0.39, 0.29) is 11.1 Å². The second kappa shape index (κ2) is 8.26.